The maximum Gasteiger partial charge on any atom is 0.334 e. The molecule has 2 fully saturated rings. The molecule has 0 spiro atoms. The maximum absolute atomic E-state index is 11.7. The normalized spacial score (nSPS) is 27.8. The van der Waals surface area contributed by atoms with Crippen LogP contribution in [-0.2, 0) is 19.0 Å². The second-order valence-electron chi connectivity index (χ2n) is 14.2. The first-order valence-electron chi connectivity index (χ1n) is 18.7. The van der Waals surface area contributed by atoms with Crippen molar-refractivity contribution in [2.24, 2.45) is 0 Å². The van der Waals surface area contributed by atoms with Crippen molar-refractivity contribution in [2.45, 2.75) is 216 Å². The van der Waals surface area contributed by atoms with Crippen molar-refractivity contribution in [2.75, 3.05) is 0 Å². The molecule has 2 unspecified atom stereocenters. The third-order valence-corrected chi connectivity index (χ3v) is 10.1. The van der Waals surface area contributed by atoms with Crippen molar-refractivity contribution in [1.82, 2.24) is 0 Å². The quantitative estimate of drug-likeness (QED) is 0.0634. The molecule has 0 bridgehead atoms. The zero-order valence-corrected chi connectivity index (χ0v) is 28.5. The summed E-state index contributed by atoms with van der Waals surface area (Å²) in [7, 11) is 0. The average molecular weight is 639 g/mol. The summed E-state index contributed by atoms with van der Waals surface area (Å²) < 4.78 is 17.3. The van der Waals surface area contributed by atoms with Gasteiger partial charge in [0, 0.05) is 12.0 Å². The largest absolute Gasteiger partial charge is 0.455 e. The number of rotatable bonds is 25. The number of hydrogen-bond donors (Lipinski definition) is 4. The molecule has 2 saturated heterocycles. The van der Waals surface area contributed by atoms with E-state index < -0.39 is 24.4 Å². The lowest BCUT2D eigenvalue weighted by Gasteiger charge is -2.24. The van der Waals surface area contributed by atoms with Crippen LogP contribution in [-0.4, -0.2) is 81.3 Å². The highest BCUT2D eigenvalue weighted by molar-refractivity contribution is 5.90. The highest BCUT2D eigenvalue weighted by Crippen LogP contribution is 2.31. The van der Waals surface area contributed by atoms with Crippen molar-refractivity contribution in [3.8, 4) is 0 Å². The van der Waals surface area contributed by atoms with Crippen molar-refractivity contribution in [3.05, 3.63) is 11.6 Å². The molecule has 0 aromatic heterocycles. The van der Waals surface area contributed by atoms with Gasteiger partial charge in [-0.05, 0) is 70.8 Å². The molecule has 4 N–H and O–H groups in total. The SMILES string of the molecule is CCCCCCCCCCCC[C@@H](O)[C@H]1CC[C@H]([C@H](O)CC[C@@H](O)[C@H]2CC[C@@H](CCCCCC(O)CC3=CC(C)OC3=O)O2)O1. The zero-order valence-electron chi connectivity index (χ0n) is 28.5. The molecule has 8 nitrogen and oxygen atoms in total. The van der Waals surface area contributed by atoms with Crippen LogP contribution < -0.4 is 0 Å². The Balaban J connectivity index is 1.17. The van der Waals surface area contributed by atoms with Gasteiger partial charge in [0.2, 0.25) is 0 Å². The van der Waals surface area contributed by atoms with Crippen LogP contribution in [0.2, 0.25) is 0 Å². The molecule has 262 valence electrons. The highest BCUT2D eigenvalue weighted by atomic mass is 16.5. The van der Waals surface area contributed by atoms with Crippen molar-refractivity contribution >= 4 is 5.97 Å². The van der Waals surface area contributed by atoms with Crippen molar-refractivity contribution in [1.29, 1.82) is 0 Å². The van der Waals surface area contributed by atoms with E-state index in [1.807, 2.05) is 6.92 Å². The van der Waals surface area contributed by atoms with Crippen molar-refractivity contribution in [3.63, 3.8) is 0 Å². The number of unbranched alkanes of at least 4 members (excludes halogenated alkanes) is 11. The van der Waals surface area contributed by atoms with Crippen LogP contribution in [0.15, 0.2) is 11.6 Å². The maximum atomic E-state index is 11.7. The smallest absolute Gasteiger partial charge is 0.334 e. The first-order chi connectivity index (χ1) is 21.8. The van der Waals surface area contributed by atoms with Crippen LogP contribution in [0.5, 0.6) is 0 Å². The van der Waals surface area contributed by atoms with Crippen LogP contribution in [0, 0.1) is 0 Å². The van der Waals surface area contributed by atoms with Gasteiger partial charge in [-0.3, -0.25) is 0 Å². The number of esters is 1. The lowest BCUT2D eigenvalue weighted by atomic mass is 9.98. The Morgan fingerprint density at radius 1 is 0.667 bits per heavy atom. The average Bonchev–Trinajstić information content (AvgIpc) is 3.77. The molecule has 3 aliphatic heterocycles. The number of cyclic esters (lactones) is 1. The van der Waals surface area contributed by atoms with E-state index in [1.54, 1.807) is 6.08 Å². The summed E-state index contributed by atoms with van der Waals surface area (Å²) in [6, 6.07) is 0. The Hall–Kier alpha value is -1.03. The highest BCUT2D eigenvalue weighted by Gasteiger charge is 2.36. The molecular formula is C37H66O8. The van der Waals surface area contributed by atoms with Crippen molar-refractivity contribution < 1.29 is 39.4 Å². The van der Waals surface area contributed by atoms with Crippen LogP contribution in [0.25, 0.3) is 0 Å². The number of aliphatic hydroxyl groups is 4. The summed E-state index contributed by atoms with van der Waals surface area (Å²) in [4.78, 5) is 11.7. The Labute approximate surface area is 273 Å². The molecule has 45 heavy (non-hydrogen) atoms. The molecular weight excluding hydrogens is 572 g/mol. The summed E-state index contributed by atoms with van der Waals surface area (Å²) in [6.45, 7) is 4.07. The Morgan fingerprint density at radius 3 is 1.78 bits per heavy atom. The monoisotopic (exact) mass is 638 g/mol. The van der Waals surface area contributed by atoms with E-state index in [-0.39, 0.29) is 36.5 Å². The van der Waals surface area contributed by atoms with Gasteiger partial charge in [0.25, 0.3) is 0 Å². The molecule has 0 aromatic rings. The van der Waals surface area contributed by atoms with Gasteiger partial charge in [-0.15, -0.1) is 0 Å². The second-order valence-corrected chi connectivity index (χ2v) is 14.2. The predicted molar refractivity (Wildman–Crippen MR) is 177 cm³/mol. The molecule has 9 atom stereocenters. The van der Waals surface area contributed by atoms with Gasteiger partial charge in [0.1, 0.15) is 6.10 Å². The number of carbonyl (C=O) groups is 1. The summed E-state index contributed by atoms with van der Waals surface area (Å²) in [5.74, 6) is -0.309. The third kappa shape index (κ3) is 14.7. The lowest BCUT2D eigenvalue weighted by Crippen LogP contribution is -2.33. The summed E-state index contributed by atoms with van der Waals surface area (Å²) in [5, 5.41) is 42.4. The molecule has 3 heterocycles. The number of carbonyl (C=O) groups excluding carboxylic acids is 1. The first-order valence-corrected chi connectivity index (χ1v) is 18.7. The molecule has 3 rings (SSSR count). The Bertz CT molecular complexity index is 833. The molecule has 3 aliphatic rings. The van der Waals surface area contributed by atoms with Crippen LogP contribution in [0.1, 0.15) is 162 Å². The predicted octanol–water partition coefficient (Wildman–Crippen LogP) is 6.83. The van der Waals surface area contributed by atoms with Gasteiger partial charge in [0.15, 0.2) is 0 Å². The summed E-state index contributed by atoms with van der Waals surface area (Å²) in [5.41, 5.74) is 0.583. The Morgan fingerprint density at radius 2 is 1.18 bits per heavy atom. The van der Waals surface area contributed by atoms with E-state index in [2.05, 4.69) is 6.92 Å². The van der Waals surface area contributed by atoms with E-state index in [0.29, 0.717) is 31.3 Å². The van der Waals surface area contributed by atoms with Crippen LogP contribution in [0.3, 0.4) is 0 Å². The minimum absolute atomic E-state index is 0.148. The van der Waals surface area contributed by atoms with Gasteiger partial charge in [-0.2, -0.15) is 0 Å². The fraction of sp³-hybridized carbons (Fsp3) is 0.919. The van der Waals surface area contributed by atoms with E-state index in [0.717, 1.165) is 70.6 Å². The third-order valence-electron chi connectivity index (χ3n) is 10.1. The lowest BCUT2D eigenvalue weighted by molar-refractivity contribution is -0.139. The van der Waals surface area contributed by atoms with E-state index in [9.17, 15) is 25.2 Å². The Kier molecular flexibility index (Phi) is 18.6. The standard InChI is InChI=1S/C37H66O8/c1-3-4-5-6-7-8-9-10-11-15-18-31(39)35-23-24-36(45-35)33(41)21-20-32(40)34-22-19-30(44-34)17-14-12-13-16-29(38)26-28-25-27(2)43-37(28)42/h25,27,29-36,38-41H,3-24,26H2,1-2H3/t27?,29?,30-,31-,32-,33-,34-,35-,36-/m1/s1. The molecule has 8 heteroatoms. The molecule has 0 aromatic carbocycles. The van der Waals surface area contributed by atoms with Gasteiger partial charge in [-0.25, -0.2) is 4.79 Å². The van der Waals surface area contributed by atoms with Crippen LogP contribution >= 0.6 is 0 Å². The molecule has 0 aliphatic carbocycles. The van der Waals surface area contributed by atoms with E-state index in [1.165, 1.54) is 51.4 Å². The first kappa shape index (κ1) is 38.4. The van der Waals surface area contributed by atoms with Gasteiger partial charge < -0.3 is 34.6 Å². The van der Waals surface area contributed by atoms with Crippen LogP contribution in [0.4, 0.5) is 0 Å². The van der Waals surface area contributed by atoms with Gasteiger partial charge in [0.05, 0.1) is 48.8 Å². The number of hydrogen-bond acceptors (Lipinski definition) is 8. The number of aliphatic hydroxyl groups excluding tert-OH is 4. The zero-order chi connectivity index (χ0) is 32.4. The minimum atomic E-state index is -0.638. The van der Waals surface area contributed by atoms with Gasteiger partial charge in [-0.1, -0.05) is 90.4 Å². The molecule has 0 amide bonds. The second kappa shape index (κ2) is 21.8. The number of ether oxygens (including phenoxy) is 3. The fourth-order valence-electron chi connectivity index (χ4n) is 7.29. The molecule has 0 saturated carbocycles. The van der Waals surface area contributed by atoms with E-state index in [4.69, 9.17) is 14.2 Å². The minimum Gasteiger partial charge on any atom is -0.455 e. The topological polar surface area (TPSA) is 126 Å². The van der Waals surface area contributed by atoms with E-state index >= 15 is 0 Å². The molecule has 0 radical (unpaired) electrons. The van der Waals surface area contributed by atoms with Gasteiger partial charge >= 0.3 is 5.97 Å². The fourth-order valence-corrected chi connectivity index (χ4v) is 7.29. The summed E-state index contributed by atoms with van der Waals surface area (Å²) >= 11 is 0. The summed E-state index contributed by atoms with van der Waals surface area (Å²) in [6.07, 6.45) is 21.5.